The first-order valence-corrected chi connectivity index (χ1v) is 10.5. The second kappa shape index (κ2) is 9.64. The van der Waals surface area contributed by atoms with Crippen LogP contribution < -0.4 is 15.0 Å². The van der Waals surface area contributed by atoms with Crippen LogP contribution in [-0.2, 0) is 6.54 Å². The Morgan fingerprint density at radius 1 is 1.12 bits per heavy atom. The van der Waals surface area contributed by atoms with Gasteiger partial charge in [0, 0.05) is 44.6 Å². The molecule has 2 aromatic carbocycles. The molecule has 0 atom stereocenters. The largest absolute Gasteiger partial charge is 0.497 e. The fourth-order valence-corrected chi connectivity index (χ4v) is 3.72. The number of ether oxygens (including phenoxy) is 1. The summed E-state index contributed by atoms with van der Waals surface area (Å²) in [6.45, 7) is 4.93. The first-order chi connectivity index (χ1) is 15.5. The monoisotopic (exact) mass is 435 g/mol. The Morgan fingerprint density at radius 2 is 1.88 bits per heavy atom. The molecule has 8 heteroatoms. The summed E-state index contributed by atoms with van der Waals surface area (Å²) in [6, 6.07) is 14.2. The number of halogens is 1. The molecule has 32 heavy (non-hydrogen) atoms. The van der Waals surface area contributed by atoms with Crippen molar-refractivity contribution in [2.45, 2.75) is 13.5 Å². The van der Waals surface area contributed by atoms with Crippen LogP contribution in [0.4, 0.5) is 16.0 Å². The Labute approximate surface area is 186 Å². The van der Waals surface area contributed by atoms with E-state index < -0.39 is 0 Å². The molecule has 1 saturated heterocycles. The van der Waals surface area contributed by atoms with E-state index in [1.165, 1.54) is 12.1 Å². The maximum absolute atomic E-state index is 13.1. The van der Waals surface area contributed by atoms with E-state index in [1.807, 2.05) is 36.1 Å². The van der Waals surface area contributed by atoms with Crippen LogP contribution in [-0.4, -0.2) is 54.1 Å². The summed E-state index contributed by atoms with van der Waals surface area (Å²) in [5.41, 5.74) is 3.15. The van der Waals surface area contributed by atoms with Crippen LogP contribution in [0.3, 0.4) is 0 Å². The highest BCUT2D eigenvalue weighted by Gasteiger charge is 2.24. The van der Waals surface area contributed by atoms with Crippen molar-refractivity contribution in [3.8, 4) is 5.75 Å². The Hall–Kier alpha value is -3.68. The summed E-state index contributed by atoms with van der Waals surface area (Å²) >= 11 is 0. The normalized spacial score (nSPS) is 13.7. The number of carbonyl (C=O) groups is 1. The lowest BCUT2D eigenvalue weighted by molar-refractivity contribution is 0.0745. The molecule has 4 rings (SSSR count). The number of carbonyl (C=O) groups excluding carboxylic acids is 1. The van der Waals surface area contributed by atoms with Gasteiger partial charge in [0.15, 0.2) is 0 Å². The second-order valence-electron chi connectivity index (χ2n) is 7.65. The number of anilines is 2. The Morgan fingerprint density at radius 3 is 2.56 bits per heavy atom. The van der Waals surface area contributed by atoms with Gasteiger partial charge in [-0.05, 0) is 48.9 Å². The van der Waals surface area contributed by atoms with E-state index in [2.05, 4.69) is 20.2 Å². The molecule has 0 radical (unpaired) electrons. The number of nitrogens with one attached hydrogen (secondary N) is 1. The lowest BCUT2D eigenvalue weighted by atomic mass is 10.2. The number of nitrogens with zero attached hydrogens (tertiary/aromatic N) is 4. The van der Waals surface area contributed by atoms with Crippen molar-refractivity contribution in [1.29, 1.82) is 0 Å². The maximum Gasteiger partial charge on any atom is 0.257 e. The Balaban J connectivity index is 1.35. The van der Waals surface area contributed by atoms with Gasteiger partial charge < -0.3 is 19.9 Å². The molecule has 3 aromatic rings. The number of aryl methyl sites for hydroxylation is 1. The molecule has 0 unspecified atom stereocenters. The molecule has 166 valence electrons. The molecule has 1 aliphatic rings. The summed E-state index contributed by atoms with van der Waals surface area (Å²) in [4.78, 5) is 25.8. The van der Waals surface area contributed by atoms with Gasteiger partial charge in [-0.1, -0.05) is 12.1 Å². The topological polar surface area (TPSA) is 70.6 Å². The zero-order valence-electron chi connectivity index (χ0n) is 18.2. The number of benzene rings is 2. The van der Waals surface area contributed by atoms with E-state index in [9.17, 15) is 9.18 Å². The molecule has 1 aromatic heterocycles. The predicted octanol–water partition coefficient (Wildman–Crippen LogP) is 3.51. The van der Waals surface area contributed by atoms with Crippen molar-refractivity contribution in [2.24, 2.45) is 0 Å². The molecule has 7 nitrogen and oxygen atoms in total. The van der Waals surface area contributed by atoms with Gasteiger partial charge >= 0.3 is 0 Å². The van der Waals surface area contributed by atoms with Crippen LogP contribution in [0.15, 0.2) is 54.7 Å². The molecule has 1 aliphatic heterocycles. The molecule has 0 aliphatic carbocycles. The third-order valence-electron chi connectivity index (χ3n) is 5.55. The summed E-state index contributed by atoms with van der Waals surface area (Å²) in [5.74, 6) is 0.949. The van der Waals surface area contributed by atoms with Crippen LogP contribution in [0, 0.1) is 12.7 Å². The van der Waals surface area contributed by atoms with E-state index in [1.54, 1.807) is 25.4 Å². The minimum Gasteiger partial charge on any atom is -0.497 e. The Bertz CT molecular complexity index is 1080. The van der Waals surface area contributed by atoms with Gasteiger partial charge in [0.2, 0.25) is 5.95 Å². The SMILES string of the molecule is COc1cccc(CNc2ncc(C(=O)N3CCN(c4ccc(F)cc4)CC3)c(C)n2)c1. The van der Waals surface area contributed by atoms with E-state index in [0.29, 0.717) is 49.9 Å². The summed E-state index contributed by atoms with van der Waals surface area (Å²) in [6.07, 6.45) is 1.59. The molecular formula is C24H26FN5O2. The fraction of sp³-hybridized carbons (Fsp3) is 0.292. The highest BCUT2D eigenvalue weighted by atomic mass is 19.1. The minimum absolute atomic E-state index is 0.0689. The third kappa shape index (κ3) is 4.96. The van der Waals surface area contributed by atoms with Crippen LogP contribution >= 0.6 is 0 Å². The minimum atomic E-state index is -0.250. The maximum atomic E-state index is 13.1. The predicted molar refractivity (Wildman–Crippen MR) is 122 cm³/mol. The average molecular weight is 436 g/mol. The molecule has 0 saturated carbocycles. The number of amides is 1. The lowest BCUT2D eigenvalue weighted by Crippen LogP contribution is -2.49. The molecule has 2 heterocycles. The van der Waals surface area contributed by atoms with E-state index in [-0.39, 0.29) is 11.7 Å². The van der Waals surface area contributed by atoms with Crippen molar-refractivity contribution >= 4 is 17.5 Å². The van der Waals surface area contributed by atoms with Gasteiger partial charge in [-0.15, -0.1) is 0 Å². The van der Waals surface area contributed by atoms with Crippen LogP contribution in [0.1, 0.15) is 21.6 Å². The first-order valence-electron chi connectivity index (χ1n) is 10.5. The second-order valence-corrected chi connectivity index (χ2v) is 7.65. The van der Waals surface area contributed by atoms with Gasteiger partial charge in [-0.25, -0.2) is 14.4 Å². The zero-order chi connectivity index (χ0) is 22.5. The molecule has 1 amide bonds. The highest BCUT2D eigenvalue weighted by molar-refractivity contribution is 5.95. The summed E-state index contributed by atoms with van der Waals surface area (Å²) in [5, 5.41) is 3.19. The van der Waals surface area contributed by atoms with Crippen molar-refractivity contribution in [3.05, 3.63) is 77.4 Å². The summed E-state index contributed by atoms with van der Waals surface area (Å²) in [7, 11) is 1.64. The molecular weight excluding hydrogens is 409 g/mol. The van der Waals surface area contributed by atoms with Gasteiger partial charge in [-0.3, -0.25) is 4.79 Å². The number of methoxy groups -OCH3 is 1. The molecule has 1 N–H and O–H groups in total. The van der Waals surface area contributed by atoms with Gasteiger partial charge in [0.1, 0.15) is 11.6 Å². The lowest BCUT2D eigenvalue weighted by Gasteiger charge is -2.36. The van der Waals surface area contributed by atoms with Crippen molar-refractivity contribution in [1.82, 2.24) is 14.9 Å². The van der Waals surface area contributed by atoms with Crippen molar-refractivity contribution in [3.63, 3.8) is 0 Å². The van der Waals surface area contributed by atoms with Crippen LogP contribution in [0.2, 0.25) is 0 Å². The fourth-order valence-electron chi connectivity index (χ4n) is 3.72. The van der Waals surface area contributed by atoms with E-state index in [0.717, 1.165) is 17.0 Å². The third-order valence-corrected chi connectivity index (χ3v) is 5.55. The standard InChI is InChI=1S/C24H26FN5O2/c1-17-22(16-27-24(28-17)26-15-18-4-3-5-21(14-18)32-2)23(31)30-12-10-29(11-13-30)20-8-6-19(25)7-9-20/h3-9,14,16H,10-13,15H2,1-2H3,(H,26,27,28). The van der Waals surface area contributed by atoms with Gasteiger partial charge in [-0.2, -0.15) is 0 Å². The molecule has 0 spiro atoms. The van der Waals surface area contributed by atoms with E-state index >= 15 is 0 Å². The zero-order valence-corrected chi connectivity index (χ0v) is 18.2. The number of rotatable bonds is 6. The van der Waals surface area contributed by atoms with Crippen molar-refractivity contribution < 1.29 is 13.9 Å². The molecule has 0 bridgehead atoms. The van der Waals surface area contributed by atoms with Gasteiger partial charge in [0.25, 0.3) is 5.91 Å². The highest BCUT2D eigenvalue weighted by Crippen LogP contribution is 2.19. The Kier molecular flexibility index (Phi) is 6.49. The summed E-state index contributed by atoms with van der Waals surface area (Å²) < 4.78 is 18.4. The number of hydrogen-bond acceptors (Lipinski definition) is 6. The number of hydrogen-bond donors (Lipinski definition) is 1. The van der Waals surface area contributed by atoms with Crippen LogP contribution in [0.25, 0.3) is 0 Å². The van der Waals surface area contributed by atoms with Crippen LogP contribution in [0.5, 0.6) is 5.75 Å². The number of aromatic nitrogens is 2. The van der Waals surface area contributed by atoms with E-state index in [4.69, 9.17) is 4.74 Å². The average Bonchev–Trinajstić information content (AvgIpc) is 2.83. The molecule has 1 fully saturated rings. The first kappa shape index (κ1) is 21.5. The van der Waals surface area contributed by atoms with Gasteiger partial charge in [0.05, 0.1) is 18.4 Å². The smallest absolute Gasteiger partial charge is 0.257 e. The van der Waals surface area contributed by atoms with Crippen molar-refractivity contribution in [2.75, 3.05) is 43.5 Å². The quantitative estimate of drug-likeness (QED) is 0.639. The number of piperazine rings is 1.